The summed E-state index contributed by atoms with van der Waals surface area (Å²) in [7, 11) is -4.57. The van der Waals surface area contributed by atoms with Crippen molar-refractivity contribution in [2.24, 2.45) is 0 Å². The van der Waals surface area contributed by atoms with Crippen LogP contribution in [0.1, 0.15) is 13.2 Å². The molecule has 0 bridgehead atoms. The highest BCUT2D eigenvalue weighted by atomic mass is 31.2. The number of fused-ring (bicyclic) bond motifs is 1. The molecular formula is C17H19FN5O7P. The van der Waals surface area contributed by atoms with Crippen LogP contribution in [0, 0.1) is 0 Å². The van der Waals surface area contributed by atoms with E-state index in [0.29, 0.717) is 0 Å². The van der Waals surface area contributed by atoms with Crippen LogP contribution in [0.15, 0.2) is 41.5 Å². The fourth-order valence-corrected chi connectivity index (χ4v) is 4.05. The third kappa shape index (κ3) is 4.05. The summed E-state index contributed by atoms with van der Waals surface area (Å²) in [5, 5.41) is 10.4. The van der Waals surface area contributed by atoms with Crippen molar-refractivity contribution in [2.75, 3.05) is 12.3 Å². The SMILES string of the molecule is C[C@@]1(F)C(O)[C@@H](COP(=O)(O)Oc2ccccc2)O[C@H]1n1cnc2c(=O)[nH]c(N)nc21. The molecule has 3 aromatic rings. The molecule has 0 radical (unpaired) electrons. The molecular weight excluding hydrogens is 436 g/mol. The number of para-hydroxylation sites is 1. The summed E-state index contributed by atoms with van der Waals surface area (Å²) in [4.78, 5) is 32.0. The smallest absolute Gasteiger partial charge is 0.404 e. The van der Waals surface area contributed by atoms with Gasteiger partial charge in [-0.1, -0.05) is 18.2 Å². The van der Waals surface area contributed by atoms with E-state index in [-0.39, 0.29) is 22.9 Å². The van der Waals surface area contributed by atoms with Crippen molar-refractivity contribution >= 4 is 24.9 Å². The molecule has 5 atom stereocenters. The number of nitrogens with zero attached hydrogens (tertiary/aromatic N) is 3. The number of anilines is 1. The molecule has 166 valence electrons. The third-order valence-electron chi connectivity index (χ3n) is 4.79. The number of aromatic nitrogens is 4. The van der Waals surface area contributed by atoms with Gasteiger partial charge in [-0.2, -0.15) is 4.98 Å². The normalized spacial score (nSPS) is 27.9. The standard InChI is InChI=1S/C17H19FN5O7P/c1-17(18)12(24)10(7-28-31(26,27)30-9-5-3-2-4-6-9)29-15(17)23-8-20-11-13(23)21-16(19)22-14(11)25/h2-6,8,10,12,15,24H,7H2,1H3,(H,26,27)(H3,19,21,22,25)/t10-,12?,15-,17-/m1/s1. The second-order valence-electron chi connectivity index (χ2n) is 7.07. The van der Waals surface area contributed by atoms with Gasteiger partial charge in [0.05, 0.1) is 12.9 Å². The van der Waals surface area contributed by atoms with Crippen LogP contribution in [-0.4, -0.2) is 54.0 Å². The van der Waals surface area contributed by atoms with Crippen LogP contribution in [0.5, 0.6) is 5.75 Å². The lowest BCUT2D eigenvalue weighted by Crippen LogP contribution is -2.40. The largest absolute Gasteiger partial charge is 0.527 e. The molecule has 0 spiro atoms. The van der Waals surface area contributed by atoms with Crippen LogP contribution in [0.2, 0.25) is 0 Å². The van der Waals surface area contributed by atoms with Crippen molar-refractivity contribution in [3.05, 3.63) is 47.0 Å². The second kappa shape index (κ2) is 7.70. The topological polar surface area (TPSA) is 175 Å². The highest BCUT2D eigenvalue weighted by Gasteiger charge is 2.56. The van der Waals surface area contributed by atoms with E-state index >= 15 is 4.39 Å². The number of nitrogens with one attached hydrogen (secondary N) is 1. The van der Waals surface area contributed by atoms with Crippen molar-refractivity contribution in [3.8, 4) is 5.75 Å². The quantitative estimate of drug-likeness (QED) is 0.391. The molecule has 14 heteroatoms. The van der Waals surface area contributed by atoms with E-state index in [1.807, 2.05) is 0 Å². The predicted octanol–water partition coefficient (Wildman–Crippen LogP) is 0.884. The van der Waals surface area contributed by atoms with Gasteiger partial charge in [0.15, 0.2) is 23.1 Å². The molecule has 3 heterocycles. The number of nitrogens with two attached hydrogens (primary N) is 1. The molecule has 12 nitrogen and oxygen atoms in total. The number of rotatable bonds is 6. The molecule has 1 fully saturated rings. The molecule has 2 aromatic heterocycles. The van der Waals surface area contributed by atoms with E-state index in [2.05, 4.69) is 15.0 Å². The van der Waals surface area contributed by atoms with E-state index < -0.39 is 44.1 Å². The van der Waals surface area contributed by atoms with Gasteiger partial charge in [-0.15, -0.1) is 0 Å². The monoisotopic (exact) mass is 455 g/mol. The number of aliphatic hydroxyl groups is 1. The first-order chi connectivity index (χ1) is 14.6. The lowest BCUT2D eigenvalue weighted by atomic mass is 9.98. The maximum atomic E-state index is 15.4. The van der Waals surface area contributed by atoms with Crippen LogP contribution in [-0.2, 0) is 13.8 Å². The van der Waals surface area contributed by atoms with Gasteiger partial charge in [-0.25, -0.2) is 13.9 Å². The van der Waals surface area contributed by atoms with Crippen LogP contribution < -0.4 is 15.8 Å². The molecule has 0 aliphatic carbocycles. The summed E-state index contributed by atoms with van der Waals surface area (Å²) in [5.74, 6) is -0.120. The zero-order valence-corrected chi connectivity index (χ0v) is 17.0. The number of phosphoric ester groups is 1. The highest BCUT2D eigenvalue weighted by molar-refractivity contribution is 7.47. The number of nitrogen functional groups attached to an aromatic ring is 1. The van der Waals surface area contributed by atoms with E-state index in [1.54, 1.807) is 18.2 Å². The Morgan fingerprint density at radius 2 is 2.13 bits per heavy atom. The van der Waals surface area contributed by atoms with Gasteiger partial charge in [-0.3, -0.25) is 23.8 Å². The molecule has 1 saturated heterocycles. The third-order valence-corrected chi connectivity index (χ3v) is 5.70. The number of aliphatic hydroxyl groups excluding tert-OH is 1. The molecule has 1 aliphatic heterocycles. The lowest BCUT2D eigenvalue weighted by molar-refractivity contribution is -0.0558. The maximum absolute atomic E-state index is 15.4. The first kappa shape index (κ1) is 21.4. The Kier molecular flexibility index (Phi) is 5.31. The van der Waals surface area contributed by atoms with Gasteiger partial charge < -0.3 is 20.1 Å². The van der Waals surface area contributed by atoms with E-state index in [1.165, 1.54) is 12.1 Å². The number of phosphoric acid groups is 1. The van der Waals surface area contributed by atoms with Crippen LogP contribution in [0.4, 0.5) is 10.3 Å². The fourth-order valence-electron chi connectivity index (χ4n) is 3.27. The van der Waals surface area contributed by atoms with Gasteiger partial charge >= 0.3 is 7.82 Å². The molecule has 1 aliphatic rings. The second-order valence-corrected chi connectivity index (χ2v) is 8.44. The van der Waals surface area contributed by atoms with Gasteiger partial charge in [-0.05, 0) is 19.1 Å². The van der Waals surface area contributed by atoms with E-state index in [0.717, 1.165) is 17.8 Å². The Hall–Kier alpha value is -2.83. The predicted molar refractivity (Wildman–Crippen MR) is 105 cm³/mol. The number of hydrogen-bond donors (Lipinski definition) is 4. The molecule has 0 saturated carbocycles. The van der Waals surface area contributed by atoms with Crippen LogP contribution in [0.25, 0.3) is 11.2 Å². The number of alkyl halides is 1. The van der Waals surface area contributed by atoms with Crippen LogP contribution in [0.3, 0.4) is 0 Å². The molecule has 0 amide bonds. The number of imidazole rings is 1. The molecule has 1 aromatic carbocycles. The van der Waals surface area contributed by atoms with Crippen molar-refractivity contribution in [1.29, 1.82) is 0 Å². The van der Waals surface area contributed by atoms with Crippen molar-refractivity contribution in [2.45, 2.75) is 31.0 Å². The Morgan fingerprint density at radius 1 is 1.42 bits per heavy atom. The number of H-pyrrole nitrogens is 1. The highest BCUT2D eigenvalue weighted by Crippen LogP contribution is 2.47. The lowest BCUT2D eigenvalue weighted by Gasteiger charge is -2.24. The Balaban J connectivity index is 1.53. The zero-order valence-electron chi connectivity index (χ0n) is 16.1. The Labute approximate surface area is 174 Å². The van der Waals surface area contributed by atoms with E-state index in [4.69, 9.17) is 19.5 Å². The summed E-state index contributed by atoms with van der Waals surface area (Å²) >= 11 is 0. The minimum atomic E-state index is -4.57. The summed E-state index contributed by atoms with van der Waals surface area (Å²) < 4.78 is 44.0. The number of aromatic amines is 1. The summed E-state index contributed by atoms with van der Waals surface area (Å²) in [5.41, 5.74) is 2.38. The first-order valence-corrected chi connectivity index (χ1v) is 10.5. The van der Waals surface area contributed by atoms with Crippen molar-refractivity contribution in [3.63, 3.8) is 0 Å². The van der Waals surface area contributed by atoms with E-state index in [9.17, 15) is 19.4 Å². The minimum absolute atomic E-state index is 0.0517. The Bertz CT molecular complexity index is 1200. The van der Waals surface area contributed by atoms with Gasteiger partial charge in [0, 0.05) is 0 Å². The maximum Gasteiger partial charge on any atom is 0.527 e. The molecule has 4 rings (SSSR count). The number of benzene rings is 1. The van der Waals surface area contributed by atoms with Gasteiger partial charge in [0.1, 0.15) is 18.0 Å². The molecule has 2 unspecified atom stereocenters. The van der Waals surface area contributed by atoms with Gasteiger partial charge in [0.2, 0.25) is 5.95 Å². The minimum Gasteiger partial charge on any atom is -0.404 e. The first-order valence-electron chi connectivity index (χ1n) is 9.05. The van der Waals surface area contributed by atoms with Crippen molar-refractivity contribution in [1.82, 2.24) is 19.5 Å². The summed E-state index contributed by atoms with van der Waals surface area (Å²) in [6.45, 7) is 0.421. The zero-order chi connectivity index (χ0) is 22.4. The summed E-state index contributed by atoms with van der Waals surface area (Å²) in [6, 6.07) is 7.79. The Morgan fingerprint density at radius 3 is 2.84 bits per heavy atom. The summed E-state index contributed by atoms with van der Waals surface area (Å²) in [6.07, 6.45) is -3.43. The van der Waals surface area contributed by atoms with Crippen LogP contribution >= 0.6 is 7.82 Å². The van der Waals surface area contributed by atoms with Gasteiger partial charge in [0.25, 0.3) is 5.56 Å². The number of ether oxygens (including phenoxy) is 1. The van der Waals surface area contributed by atoms with Crippen molar-refractivity contribution < 1.29 is 32.7 Å². The number of hydrogen-bond acceptors (Lipinski definition) is 9. The molecule has 5 N–H and O–H groups in total. The average Bonchev–Trinajstić information content (AvgIpc) is 3.20. The molecule has 31 heavy (non-hydrogen) atoms. The number of halogens is 1. The fraction of sp³-hybridized carbons (Fsp3) is 0.353. The average molecular weight is 455 g/mol.